The summed E-state index contributed by atoms with van der Waals surface area (Å²) in [4.78, 5) is 3.87. The van der Waals surface area contributed by atoms with Crippen molar-refractivity contribution in [3.8, 4) is 0 Å². The summed E-state index contributed by atoms with van der Waals surface area (Å²) in [5, 5.41) is 0. The maximum atomic E-state index is 14.0. The molecule has 0 aliphatic heterocycles. The Morgan fingerprint density at radius 1 is 1.27 bits per heavy atom. The second-order valence-corrected chi connectivity index (χ2v) is 4.03. The molecular formula is C13H22FN. The fourth-order valence-electron chi connectivity index (χ4n) is 1.58. The van der Waals surface area contributed by atoms with Crippen LogP contribution in [0.5, 0.6) is 0 Å². The highest BCUT2D eigenvalue weighted by Gasteiger charge is 2.26. The molecule has 2 heteroatoms. The molecular weight excluding hydrogens is 189 g/mol. The summed E-state index contributed by atoms with van der Waals surface area (Å²) < 4.78 is 14.0. The van der Waals surface area contributed by atoms with E-state index < -0.39 is 5.67 Å². The van der Waals surface area contributed by atoms with Crippen molar-refractivity contribution in [3.05, 3.63) is 30.1 Å². The van der Waals surface area contributed by atoms with Crippen molar-refractivity contribution in [1.29, 1.82) is 0 Å². The van der Waals surface area contributed by atoms with Crippen LogP contribution in [0.15, 0.2) is 24.5 Å². The van der Waals surface area contributed by atoms with Gasteiger partial charge >= 0.3 is 0 Å². The zero-order chi connectivity index (χ0) is 11.9. The second kappa shape index (κ2) is 6.54. The number of alkyl halides is 1. The molecule has 0 aliphatic rings. The fourth-order valence-corrected chi connectivity index (χ4v) is 1.58. The minimum Gasteiger partial charge on any atom is -0.265 e. The van der Waals surface area contributed by atoms with E-state index in [-0.39, 0.29) is 0 Å². The molecule has 1 heterocycles. The van der Waals surface area contributed by atoms with E-state index in [0.717, 1.165) is 5.56 Å². The predicted molar refractivity (Wildman–Crippen MR) is 63.5 cm³/mol. The van der Waals surface area contributed by atoms with E-state index in [4.69, 9.17) is 0 Å². The number of pyridine rings is 1. The molecule has 1 unspecified atom stereocenters. The molecule has 15 heavy (non-hydrogen) atoms. The number of halogens is 1. The standard InChI is InChI=1S/C11H16FN.C2H6/c1-9(2)8-11(3,12)10-4-6-13-7-5-10;1-2/h4-7,9H,8H2,1-3H3;1-2H3. The molecule has 0 fully saturated rings. The van der Waals surface area contributed by atoms with E-state index in [1.54, 1.807) is 31.5 Å². The van der Waals surface area contributed by atoms with Crippen molar-refractivity contribution in [1.82, 2.24) is 4.98 Å². The molecule has 0 saturated carbocycles. The lowest BCUT2D eigenvalue weighted by atomic mass is 9.90. The maximum absolute atomic E-state index is 14.0. The van der Waals surface area contributed by atoms with Crippen molar-refractivity contribution < 1.29 is 4.39 Å². The Morgan fingerprint density at radius 3 is 2.13 bits per heavy atom. The molecule has 0 bridgehead atoms. The summed E-state index contributed by atoms with van der Waals surface area (Å²) in [5.74, 6) is 0.364. The second-order valence-electron chi connectivity index (χ2n) is 4.03. The highest BCUT2D eigenvalue weighted by molar-refractivity contribution is 5.18. The van der Waals surface area contributed by atoms with Gasteiger partial charge in [0.05, 0.1) is 0 Å². The van der Waals surface area contributed by atoms with Crippen LogP contribution < -0.4 is 0 Å². The largest absolute Gasteiger partial charge is 0.265 e. The molecule has 1 atom stereocenters. The van der Waals surface area contributed by atoms with Gasteiger partial charge in [-0.15, -0.1) is 0 Å². The van der Waals surface area contributed by atoms with E-state index in [1.165, 1.54) is 0 Å². The first-order chi connectivity index (χ1) is 7.02. The summed E-state index contributed by atoms with van der Waals surface area (Å²) in [6.07, 6.45) is 3.82. The van der Waals surface area contributed by atoms with Crippen LogP contribution >= 0.6 is 0 Å². The third kappa shape index (κ3) is 4.91. The first kappa shape index (κ1) is 14.1. The lowest BCUT2D eigenvalue weighted by Gasteiger charge is -2.22. The van der Waals surface area contributed by atoms with Crippen molar-refractivity contribution in [3.63, 3.8) is 0 Å². The van der Waals surface area contributed by atoms with Gasteiger partial charge in [0.15, 0.2) is 0 Å². The van der Waals surface area contributed by atoms with Crippen molar-refractivity contribution >= 4 is 0 Å². The van der Waals surface area contributed by atoms with Gasteiger partial charge in [-0.1, -0.05) is 27.7 Å². The minimum atomic E-state index is -1.23. The Balaban J connectivity index is 0.000000921. The number of hydrogen-bond donors (Lipinski definition) is 0. The summed E-state index contributed by atoms with van der Waals surface area (Å²) in [6, 6.07) is 3.48. The number of hydrogen-bond acceptors (Lipinski definition) is 1. The normalized spacial score (nSPS) is 14.1. The van der Waals surface area contributed by atoms with Gasteiger partial charge in [0.1, 0.15) is 5.67 Å². The Labute approximate surface area is 92.7 Å². The van der Waals surface area contributed by atoms with Gasteiger partial charge in [-0.3, -0.25) is 4.98 Å². The molecule has 0 aromatic carbocycles. The van der Waals surface area contributed by atoms with Crippen LogP contribution in [-0.2, 0) is 5.67 Å². The maximum Gasteiger partial charge on any atom is 0.133 e. The van der Waals surface area contributed by atoms with Gasteiger partial charge in [0, 0.05) is 12.4 Å². The number of nitrogens with zero attached hydrogens (tertiary/aromatic N) is 1. The van der Waals surface area contributed by atoms with Gasteiger partial charge in [-0.25, -0.2) is 4.39 Å². The molecule has 86 valence electrons. The highest BCUT2D eigenvalue weighted by atomic mass is 19.1. The Kier molecular flexibility index (Phi) is 6.14. The van der Waals surface area contributed by atoms with Gasteiger partial charge < -0.3 is 0 Å². The van der Waals surface area contributed by atoms with Crippen LogP contribution in [0.2, 0.25) is 0 Å². The zero-order valence-corrected chi connectivity index (χ0v) is 10.4. The molecule has 0 N–H and O–H groups in total. The van der Waals surface area contributed by atoms with E-state index in [2.05, 4.69) is 4.98 Å². The molecule has 0 saturated heterocycles. The quantitative estimate of drug-likeness (QED) is 0.724. The minimum absolute atomic E-state index is 0.364. The summed E-state index contributed by atoms with van der Waals surface area (Å²) in [7, 11) is 0. The predicted octanol–water partition coefficient (Wildman–Crippen LogP) is 4.34. The third-order valence-corrected chi connectivity index (χ3v) is 2.07. The van der Waals surface area contributed by atoms with Crippen molar-refractivity contribution in [2.24, 2.45) is 5.92 Å². The van der Waals surface area contributed by atoms with Gasteiger partial charge in [0.25, 0.3) is 0 Å². The van der Waals surface area contributed by atoms with Gasteiger partial charge in [-0.05, 0) is 37.0 Å². The average Bonchev–Trinajstić information content (AvgIpc) is 2.20. The molecule has 1 rings (SSSR count). The Morgan fingerprint density at radius 2 is 1.73 bits per heavy atom. The van der Waals surface area contributed by atoms with Crippen molar-refractivity contribution in [2.45, 2.75) is 46.7 Å². The van der Waals surface area contributed by atoms with Crippen molar-refractivity contribution in [2.75, 3.05) is 0 Å². The molecule has 0 aliphatic carbocycles. The smallest absolute Gasteiger partial charge is 0.133 e. The van der Waals surface area contributed by atoms with E-state index >= 15 is 0 Å². The Hall–Kier alpha value is -0.920. The van der Waals surface area contributed by atoms with Crippen LogP contribution in [0.25, 0.3) is 0 Å². The molecule has 0 spiro atoms. The molecule has 0 amide bonds. The van der Waals surface area contributed by atoms with E-state index in [1.807, 2.05) is 27.7 Å². The monoisotopic (exact) mass is 211 g/mol. The van der Waals surface area contributed by atoms with Crippen LogP contribution in [-0.4, -0.2) is 4.98 Å². The molecule has 1 aromatic heterocycles. The first-order valence-corrected chi connectivity index (χ1v) is 5.62. The van der Waals surface area contributed by atoms with E-state index in [9.17, 15) is 4.39 Å². The van der Waals surface area contributed by atoms with E-state index in [0.29, 0.717) is 12.3 Å². The summed E-state index contributed by atoms with van der Waals surface area (Å²) in [6.45, 7) is 9.68. The summed E-state index contributed by atoms with van der Waals surface area (Å²) in [5.41, 5.74) is -0.506. The molecule has 0 radical (unpaired) electrons. The van der Waals surface area contributed by atoms with Crippen LogP contribution in [0.3, 0.4) is 0 Å². The molecule has 1 nitrogen and oxygen atoms in total. The SMILES string of the molecule is CC.CC(C)CC(C)(F)c1ccncc1. The van der Waals surface area contributed by atoms with Crippen LogP contribution in [0.4, 0.5) is 4.39 Å². The topological polar surface area (TPSA) is 12.9 Å². The lowest BCUT2D eigenvalue weighted by molar-refractivity contribution is 0.154. The Bertz CT molecular complexity index is 254. The lowest BCUT2D eigenvalue weighted by Crippen LogP contribution is -2.17. The van der Waals surface area contributed by atoms with Crippen LogP contribution in [0.1, 0.15) is 46.6 Å². The average molecular weight is 211 g/mol. The van der Waals surface area contributed by atoms with Gasteiger partial charge in [0.2, 0.25) is 0 Å². The zero-order valence-electron chi connectivity index (χ0n) is 10.4. The number of rotatable bonds is 3. The molecule has 1 aromatic rings. The first-order valence-electron chi connectivity index (χ1n) is 5.62. The van der Waals surface area contributed by atoms with Gasteiger partial charge in [-0.2, -0.15) is 0 Å². The summed E-state index contributed by atoms with van der Waals surface area (Å²) >= 11 is 0. The fraction of sp³-hybridized carbons (Fsp3) is 0.615. The number of aromatic nitrogens is 1. The third-order valence-electron chi connectivity index (χ3n) is 2.07. The van der Waals surface area contributed by atoms with Crippen LogP contribution in [0, 0.1) is 5.92 Å². The highest BCUT2D eigenvalue weighted by Crippen LogP contribution is 2.31.